The third-order valence-electron chi connectivity index (χ3n) is 5.56. The summed E-state index contributed by atoms with van der Waals surface area (Å²) in [6.45, 7) is 4.20. The van der Waals surface area contributed by atoms with Crippen molar-refractivity contribution in [2.45, 2.75) is 33.1 Å². The van der Waals surface area contributed by atoms with Gasteiger partial charge in [-0.05, 0) is 36.1 Å². The highest BCUT2D eigenvalue weighted by molar-refractivity contribution is 6.35. The van der Waals surface area contributed by atoms with E-state index in [1.807, 2.05) is 49.4 Å². The molecule has 0 radical (unpaired) electrons. The van der Waals surface area contributed by atoms with Crippen LogP contribution in [0.2, 0.25) is 5.02 Å². The van der Waals surface area contributed by atoms with Gasteiger partial charge in [0.15, 0.2) is 0 Å². The fraction of sp³-hybridized carbons (Fsp3) is 0.179. The highest BCUT2D eigenvalue weighted by atomic mass is 35.5. The SMILES string of the molecule is CCCc1ccc(/C(CC)=N\NC(=O)c2cc(-c3ccccc3)nc3c(Cl)cccc23)cc1. The molecule has 1 N–H and O–H groups in total. The third kappa shape index (κ3) is 5.12. The van der Waals surface area contributed by atoms with Crippen molar-refractivity contribution in [3.63, 3.8) is 0 Å². The lowest BCUT2D eigenvalue weighted by molar-refractivity contribution is 0.0956. The number of aromatic nitrogens is 1. The number of nitrogens with zero attached hydrogens (tertiary/aromatic N) is 2. The van der Waals surface area contributed by atoms with Crippen molar-refractivity contribution in [3.05, 3.63) is 101 Å². The number of pyridine rings is 1. The van der Waals surface area contributed by atoms with Crippen LogP contribution in [0.25, 0.3) is 22.2 Å². The van der Waals surface area contributed by atoms with Crippen LogP contribution < -0.4 is 5.43 Å². The lowest BCUT2D eigenvalue weighted by atomic mass is 10.0. The summed E-state index contributed by atoms with van der Waals surface area (Å²) in [5, 5.41) is 5.66. The Morgan fingerprint density at radius 2 is 1.73 bits per heavy atom. The fourth-order valence-corrected chi connectivity index (χ4v) is 4.05. The monoisotopic (exact) mass is 455 g/mol. The molecule has 166 valence electrons. The van der Waals surface area contributed by atoms with Gasteiger partial charge in [-0.2, -0.15) is 5.10 Å². The maximum absolute atomic E-state index is 13.3. The van der Waals surface area contributed by atoms with Crippen LogP contribution in [0.1, 0.15) is 48.2 Å². The second kappa shape index (κ2) is 10.4. The minimum absolute atomic E-state index is 0.296. The predicted octanol–water partition coefficient (Wildman–Crippen LogP) is 7.05. The summed E-state index contributed by atoms with van der Waals surface area (Å²) in [6.07, 6.45) is 2.86. The van der Waals surface area contributed by atoms with Gasteiger partial charge >= 0.3 is 0 Å². The van der Waals surface area contributed by atoms with Crippen molar-refractivity contribution >= 4 is 34.1 Å². The van der Waals surface area contributed by atoms with Crippen molar-refractivity contribution in [3.8, 4) is 11.3 Å². The molecule has 0 aliphatic carbocycles. The van der Waals surface area contributed by atoms with Crippen LogP contribution >= 0.6 is 11.6 Å². The van der Waals surface area contributed by atoms with E-state index in [1.54, 1.807) is 12.1 Å². The van der Waals surface area contributed by atoms with Crippen molar-refractivity contribution in [2.75, 3.05) is 0 Å². The molecule has 0 fully saturated rings. The van der Waals surface area contributed by atoms with E-state index in [9.17, 15) is 4.79 Å². The molecule has 5 heteroatoms. The molecule has 4 nitrogen and oxygen atoms in total. The largest absolute Gasteiger partial charge is 0.272 e. The van der Waals surface area contributed by atoms with Crippen molar-refractivity contribution in [1.29, 1.82) is 0 Å². The highest BCUT2D eigenvalue weighted by Crippen LogP contribution is 2.29. The quantitative estimate of drug-likeness (QED) is 0.239. The molecule has 1 aromatic heterocycles. The second-order valence-electron chi connectivity index (χ2n) is 7.86. The van der Waals surface area contributed by atoms with Crippen LogP contribution in [-0.4, -0.2) is 16.6 Å². The number of fused-ring (bicyclic) bond motifs is 1. The van der Waals surface area contributed by atoms with Gasteiger partial charge in [0.25, 0.3) is 5.91 Å². The molecule has 4 aromatic rings. The van der Waals surface area contributed by atoms with E-state index < -0.39 is 0 Å². The molecule has 0 spiro atoms. The van der Waals surface area contributed by atoms with Gasteiger partial charge < -0.3 is 0 Å². The molecule has 33 heavy (non-hydrogen) atoms. The first-order chi connectivity index (χ1) is 16.1. The van der Waals surface area contributed by atoms with Gasteiger partial charge in [0, 0.05) is 10.9 Å². The Labute approximate surface area is 199 Å². The third-order valence-corrected chi connectivity index (χ3v) is 5.86. The first-order valence-corrected chi connectivity index (χ1v) is 11.6. The van der Waals surface area contributed by atoms with E-state index in [0.717, 1.165) is 29.7 Å². The molecule has 0 saturated carbocycles. The average molecular weight is 456 g/mol. The van der Waals surface area contributed by atoms with Gasteiger partial charge in [-0.1, -0.05) is 98.6 Å². The molecule has 1 heterocycles. The summed E-state index contributed by atoms with van der Waals surface area (Å²) in [5.74, 6) is -0.296. The van der Waals surface area contributed by atoms with E-state index >= 15 is 0 Å². The molecule has 0 aliphatic rings. The Balaban J connectivity index is 1.69. The van der Waals surface area contributed by atoms with E-state index in [2.05, 4.69) is 41.7 Å². The predicted molar refractivity (Wildman–Crippen MR) is 137 cm³/mol. The fourth-order valence-electron chi connectivity index (χ4n) is 3.84. The van der Waals surface area contributed by atoms with Crippen molar-refractivity contribution in [1.82, 2.24) is 10.4 Å². The number of carbonyl (C=O) groups excluding carboxylic acids is 1. The highest BCUT2D eigenvalue weighted by Gasteiger charge is 2.16. The summed E-state index contributed by atoms with van der Waals surface area (Å²) in [6, 6.07) is 25.4. The molecule has 0 bridgehead atoms. The number of nitrogens with one attached hydrogen (secondary N) is 1. The van der Waals surface area contributed by atoms with Gasteiger partial charge in [0.1, 0.15) is 0 Å². The van der Waals surface area contributed by atoms with Crippen LogP contribution in [-0.2, 0) is 6.42 Å². The molecule has 0 atom stereocenters. The molecule has 4 rings (SSSR count). The number of carbonyl (C=O) groups is 1. The summed E-state index contributed by atoms with van der Waals surface area (Å²) >= 11 is 6.44. The molecular weight excluding hydrogens is 430 g/mol. The second-order valence-corrected chi connectivity index (χ2v) is 8.26. The first-order valence-electron chi connectivity index (χ1n) is 11.2. The maximum atomic E-state index is 13.3. The summed E-state index contributed by atoms with van der Waals surface area (Å²) < 4.78 is 0. The first kappa shape index (κ1) is 22.7. The summed E-state index contributed by atoms with van der Waals surface area (Å²) in [5.41, 5.74) is 8.57. The Morgan fingerprint density at radius 1 is 0.970 bits per heavy atom. The smallest absolute Gasteiger partial charge is 0.267 e. The molecule has 0 unspecified atom stereocenters. The van der Waals surface area contributed by atoms with E-state index in [1.165, 1.54) is 5.56 Å². The average Bonchev–Trinajstić information content (AvgIpc) is 2.85. The van der Waals surface area contributed by atoms with E-state index in [-0.39, 0.29) is 5.91 Å². The summed E-state index contributed by atoms with van der Waals surface area (Å²) in [7, 11) is 0. The number of hydrogen-bond acceptors (Lipinski definition) is 3. The van der Waals surface area contributed by atoms with Crippen LogP contribution in [0.15, 0.2) is 84.0 Å². The number of para-hydroxylation sites is 1. The van der Waals surface area contributed by atoms with E-state index in [4.69, 9.17) is 16.6 Å². The van der Waals surface area contributed by atoms with Crippen LogP contribution in [0, 0.1) is 0 Å². The Hall–Kier alpha value is -3.50. The van der Waals surface area contributed by atoms with Gasteiger partial charge in [0.2, 0.25) is 0 Å². The lowest BCUT2D eigenvalue weighted by Crippen LogP contribution is -2.20. The molecule has 0 saturated heterocycles. The van der Waals surface area contributed by atoms with E-state index in [0.29, 0.717) is 33.6 Å². The number of benzene rings is 3. The lowest BCUT2D eigenvalue weighted by Gasteiger charge is -2.11. The minimum Gasteiger partial charge on any atom is -0.267 e. The van der Waals surface area contributed by atoms with Gasteiger partial charge in [-0.3, -0.25) is 4.79 Å². The van der Waals surface area contributed by atoms with Gasteiger partial charge in [-0.25, -0.2) is 10.4 Å². The Bertz CT molecular complexity index is 1300. The number of aryl methyl sites for hydroxylation is 1. The zero-order valence-electron chi connectivity index (χ0n) is 18.8. The number of halogens is 1. The summed E-state index contributed by atoms with van der Waals surface area (Å²) in [4.78, 5) is 18.0. The van der Waals surface area contributed by atoms with Gasteiger partial charge in [-0.15, -0.1) is 0 Å². The topological polar surface area (TPSA) is 54.4 Å². The minimum atomic E-state index is -0.296. The number of hydrazone groups is 1. The zero-order valence-corrected chi connectivity index (χ0v) is 19.6. The van der Waals surface area contributed by atoms with Gasteiger partial charge in [0.05, 0.1) is 27.5 Å². The van der Waals surface area contributed by atoms with Crippen molar-refractivity contribution in [2.24, 2.45) is 5.10 Å². The standard InChI is InChI=1S/C28H26ClN3O/c1-3-9-19-14-16-21(17-15-19)25(4-2)31-32-28(33)23-18-26(20-10-6-5-7-11-20)30-27-22(23)12-8-13-24(27)29/h5-8,10-18H,3-4,9H2,1-2H3,(H,32,33)/b31-25-. The molecule has 3 aromatic carbocycles. The normalized spacial score (nSPS) is 11.5. The van der Waals surface area contributed by atoms with Crippen LogP contribution in [0.5, 0.6) is 0 Å². The number of hydrogen-bond donors (Lipinski definition) is 1. The van der Waals surface area contributed by atoms with Crippen LogP contribution in [0.3, 0.4) is 0 Å². The molecule has 1 amide bonds. The van der Waals surface area contributed by atoms with Crippen molar-refractivity contribution < 1.29 is 4.79 Å². The maximum Gasteiger partial charge on any atom is 0.272 e. The molecule has 0 aliphatic heterocycles. The Morgan fingerprint density at radius 3 is 2.42 bits per heavy atom. The Kier molecular flexibility index (Phi) is 7.16. The number of amides is 1. The number of rotatable bonds is 7. The van der Waals surface area contributed by atoms with Crippen LogP contribution in [0.4, 0.5) is 0 Å². The molecular formula is C28H26ClN3O. The zero-order chi connectivity index (χ0) is 23.2.